The number of carbonyl (C=O) groups excluding carboxylic acids is 4. The summed E-state index contributed by atoms with van der Waals surface area (Å²) in [7, 11) is 0. The molecule has 1 aromatic rings. The van der Waals surface area contributed by atoms with Gasteiger partial charge in [-0.25, -0.2) is 0 Å². The maximum absolute atomic E-state index is 13.9. The molecule has 3 fully saturated rings. The van der Waals surface area contributed by atoms with Crippen LogP contribution in [0.15, 0.2) is 18.2 Å². The van der Waals surface area contributed by atoms with Gasteiger partial charge in [-0.1, -0.05) is 38.7 Å². The highest BCUT2D eigenvalue weighted by Crippen LogP contribution is 2.38. The van der Waals surface area contributed by atoms with Crippen molar-refractivity contribution in [2.24, 2.45) is 23.7 Å². The van der Waals surface area contributed by atoms with Gasteiger partial charge in [-0.05, 0) is 62.1 Å². The van der Waals surface area contributed by atoms with Gasteiger partial charge in [-0.2, -0.15) is 0 Å². The first-order valence-electron chi connectivity index (χ1n) is 15.7. The molecule has 9 heteroatoms. The van der Waals surface area contributed by atoms with Crippen molar-refractivity contribution >= 4 is 23.3 Å². The van der Waals surface area contributed by atoms with Gasteiger partial charge in [0.2, 0.25) is 12.7 Å². The summed E-state index contributed by atoms with van der Waals surface area (Å²) in [6, 6.07) is 4.66. The molecule has 1 saturated carbocycles. The van der Waals surface area contributed by atoms with Crippen LogP contribution >= 0.6 is 0 Å². The topological polar surface area (TPSA) is 121 Å². The number of Topliss-reactive ketones (excluding diaryl/α,β-unsaturated/α-hetero) is 3. The average molecular weight is 584 g/mol. The Kier molecular flexibility index (Phi) is 9.99. The van der Waals surface area contributed by atoms with E-state index in [4.69, 9.17) is 18.9 Å². The van der Waals surface area contributed by atoms with E-state index in [0.29, 0.717) is 56.0 Å². The maximum Gasteiger partial charge on any atom is 0.231 e. The highest BCUT2D eigenvalue weighted by molar-refractivity contribution is 5.97. The number of ether oxygens (including phenoxy) is 4. The van der Waals surface area contributed by atoms with Crippen molar-refractivity contribution in [1.82, 2.24) is 5.32 Å². The molecule has 0 aromatic heterocycles. The molecule has 4 atom stereocenters. The Labute approximate surface area is 248 Å². The van der Waals surface area contributed by atoms with Gasteiger partial charge in [0.15, 0.2) is 23.1 Å². The van der Waals surface area contributed by atoms with E-state index in [9.17, 15) is 19.2 Å². The highest BCUT2D eigenvalue weighted by Gasteiger charge is 2.50. The number of hydrogen-bond donors (Lipinski definition) is 1. The van der Waals surface area contributed by atoms with Crippen LogP contribution < -0.4 is 14.8 Å². The third-order valence-corrected chi connectivity index (χ3v) is 9.43. The monoisotopic (exact) mass is 583 g/mol. The lowest BCUT2D eigenvalue weighted by Gasteiger charge is -2.25. The van der Waals surface area contributed by atoms with Crippen LogP contribution in [0.4, 0.5) is 0 Å². The molecular weight excluding hydrogens is 538 g/mol. The molecule has 3 aliphatic heterocycles. The molecule has 0 radical (unpaired) electrons. The molecule has 0 bridgehead atoms. The maximum atomic E-state index is 13.9. The molecule has 0 spiro atoms. The molecular formula is C33H45NO8. The number of nitrogens with one attached hydrogen (secondary N) is 1. The predicted molar refractivity (Wildman–Crippen MR) is 154 cm³/mol. The van der Waals surface area contributed by atoms with Crippen LogP contribution in [-0.2, 0) is 35.1 Å². The molecule has 1 amide bonds. The number of benzene rings is 1. The second kappa shape index (κ2) is 13.7. The van der Waals surface area contributed by atoms with E-state index in [1.54, 1.807) is 19.9 Å². The highest BCUT2D eigenvalue weighted by atomic mass is 16.7. The van der Waals surface area contributed by atoms with Crippen LogP contribution in [0, 0.1) is 23.7 Å². The van der Waals surface area contributed by atoms with E-state index in [0.717, 1.165) is 44.1 Å². The number of amides is 1. The number of ketones is 3. The van der Waals surface area contributed by atoms with E-state index in [2.05, 4.69) is 5.32 Å². The van der Waals surface area contributed by atoms with Gasteiger partial charge in [0, 0.05) is 44.3 Å². The van der Waals surface area contributed by atoms with Crippen molar-refractivity contribution in [3.63, 3.8) is 0 Å². The SMILES string of the molecule is C[C@H](CC(=O)CC1CCOCC1)C(=O)N[C@@H](Cc1ccc2c(c1)OCO2)C(=O)C[C@@H](CC1CCCC1)C(=O)[C@@]1(C)CO1. The number of rotatable bonds is 15. The Morgan fingerprint density at radius 1 is 0.976 bits per heavy atom. The van der Waals surface area contributed by atoms with Crippen molar-refractivity contribution in [1.29, 1.82) is 0 Å². The fourth-order valence-electron chi connectivity index (χ4n) is 6.65. The third-order valence-electron chi connectivity index (χ3n) is 9.43. The van der Waals surface area contributed by atoms with E-state index in [1.165, 1.54) is 0 Å². The Morgan fingerprint density at radius 3 is 2.40 bits per heavy atom. The van der Waals surface area contributed by atoms with Crippen LogP contribution in [-0.4, -0.2) is 61.5 Å². The lowest BCUT2D eigenvalue weighted by molar-refractivity contribution is -0.134. The molecule has 3 heterocycles. The molecule has 0 unspecified atom stereocenters. The number of fused-ring (bicyclic) bond motifs is 1. The first-order chi connectivity index (χ1) is 20.2. The largest absolute Gasteiger partial charge is 0.454 e. The van der Waals surface area contributed by atoms with E-state index < -0.39 is 23.5 Å². The Balaban J connectivity index is 1.27. The average Bonchev–Trinajstić information content (AvgIpc) is 3.32. The quantitative estimate of drug-likeness (QED) is 0.302. The molecule has 5 rings (SSSR count). The van der Waals surface area contributed by atoms with E-state index in [-0.39, 0.29) is 49.3 Å². The molecule has 230 valence electrons. The number of epoxide rings is 1. The minimum absolute atomic E-state index is 0.0111. The summed E-state index contributed by atoms with van der Waals surface area (Å²) in [5.41, 5.74) is 0.0104. The summed E-state index contributed by atoms with van der Waals surface area (Å²) in [4.78, 5) is 53.5. The summed E-state index contributed by atoms with van der Waals surface area (Å²) < 4.78 is 21.8. The molecule has 1 aliphatic carbocycles. The summed E-state index contributed by atoms with van der Waals surface area (Å²) in [6.07, 6.45) is 7.75. The van der Waals surface area contributed by atoms with Crippen LogP contribution in [0.2, 0.25) is 0 Å². The van der Waals surface area contributed by atoms with Crippen molar-refractivity contribution in [2.45, 2.75) is 96.1 Å². The van der Waals surface area contributed by atoms with Crippen LogP contribution in [0.5, 0.6) is 11.5 Å². The van der Waals surface area contributed by atoms with Gasteiger partial charge in [-0.3, -0.25) is 19.2 Å². The molecule has 1 aromatic carbocycles. The zero-order valence-electron chi connectivity index (χ0n) is 25.0. The smallest absolute Gasteiger partial charge is 0.231 e. The van der Waals surface area contributed by atoms with Crippen molar-refractivity contribution in [2.75, 3.05) is 26.6 Å². The molecule has 42 heavy (non-hydrogen) atoms. The normalized spacial score (nSPS) is 24.1. The Morgan fingerprint density at radius 2 is 1.69 bits per heavy atom. The molecule has 9 nitrogen and oxygen atoms in total. The summed E-state index contributed by atoms with van der Waals surface area (Å²) >= 11 is 0. The number of carbonyl (C=O) groups is 4. The van der Waals surface area contributed by atoms with Gasteiger partial charge in [0.1, 0.15) is 11.4 Å². The second-order valence-corrected chi connectivity index (χ2v) is 13.0. The second-order valence-electron chi connectivity index (χ2n) is 13.0. The van der Waals surface area contributed by atoms with E-state index >= 15 is 0 Å². The molecule has 4 aliphatic rings. The van der Waals surface area contributed by atoms with E-state index in [1.807, 2.05) is 12.1 Å². The standard InChI is InChI=1S/C33H45NO8/c1-21(13-26(35)15-23-9-11-39-12-10-23)32(38)34-27(16-24-7-8-29-30(17-24)41-20-40-29)28(36)18-25(14-22-5-3-4-6-22)31(37)33(2)19-42-33/h7-8,17,21-23,25,27H,3-6,9-16,18-20H2,1-2H3,(H,34,38)/t21-,25-,27+,33-/m1/s1. The van der Waals surface area contributed by atoms with Crippen molar-refractivity contribution < 1.29 is 38.1 Å². The van der Waals surface area contributed by atoms with Crippen LogP contribution in [0.3, 0.4) is 0 Å². The minimum atomic E-state index is -0.835. The zero-order chi connectivity index (χ0) is 29.7. The van der Waals surface area contributed by atoms with Gasteiger partial charge in [0.05, 0.1) is 12.6 Å². The predicted octanol–water partition coefficient (Wildman–Crippen LogP) is 4.37. The van der Waals surface area contributed by atoms with Crippen molar-refractivity contribution in [3.05, 3.63) is 23.8 Å². The first-order valence-corrected chi connectivity index (χ1v) is 15.7. The summed E-state index contributed by atoms with van der Waals surface area (Å²) in [5, 5.41) is 2.96. The third kappa shape index (κ3) is 7.98. The van der Waals surface area contributed by atoms with Gasteiger partial charge in [0.25, 0.3) is 0 Å². The Bertz CT molecular complexity index is 1150. The number of hydrogen-bond acceptors (Lipinski definition) is 8. The van der Waals surface area contributed by atoms with Crippen LogP contribution in [0.25, 0.3) is 0 Å². The fourth-order valence-corrected chi connectivity index (χ4v) is 6.65. The molecule has 2 saturated heterocycles. The van der Waals surface area contributed by atoms with Gasteiger partial charge >= 0.3 is 0 Å². The summed E-state index contributed by atoms with van der Waals surface area (Å²) in [6.45, 7) is 5.41. The zero-order valence-corrected chi connectivity index (χ0v) is 25.0. The van der Waals surface area contributed by atoms with Gasteiger partial charge in [-0.15, -0.1) is 0 Å². The van der Waals surface area contributed by atoms with Crippen molar-refractivity contribution in [3.8, 4) is 11.5 Å². The first kappa shape index (κ1) is 30.7. The van der Waals surface area contributed by atoms with Gasteiger partial charge < -0.3 is 24.3 Å². The molecule has 1 N–H and O–H groups in total. The van der Waals surface area contributed by atoms with Crippen LogP contribution in [0.1, 0.15) is 83.6 Å². The lowest BCUT2D eigenvalue weighted by atomic mass is 9.81. The minimum Gasteiger partial charge on any atom is -0.454 e. The lowest BCUT2D eigenvalue weighted by Crippen LogP contribution is -2.46. The Hall–Kier alpha value is -2.78. The fraction of sp³-hybridized carbons (Fsp3) is 0.697. The summed E-state index contributed by atoms with van der Waals surface area (Å²) in [5.74, 6) is 0.500.